The van der Waals surface area contributed by atoms with Gasteiger partial charge >= 0.3 is 12.1 Å². The molecule has 208 valence electrons. The summed E-state index contributed by atoms with van der Waals surface area (Å²) in [5.74, 6) is -0.781. The number of carboxylic acid groups (broad SMARTS) is 1. The van der Waals surface area contributed by atoms with Crippen molar-refractivity contribution in [1.29, 1.82) is 0 Å². The van der Waals surface area contributed by atoms with Crippen LogP contribution in [-0.4, -0.2) is 73.9 Å². The molecule has 2 aromatic rings. The molecule has 3 heterocycles. The Hall–Kier alpha value is -2.94. The zero-order chi connectivity index (χ0) is 27.8. The van der Waals surface area contributed by atoms with Crippen molar-refractivity contribution in [2.24, 2.45) is 0 Å². The lowest BCUT2D eigenvalue weighted by atomic mass is 10.0. The van der Waals surface area contributed by atoms with Gasteiger partial charge in [0.25, 0.3) is 0 Å². The molecule has 2 atom stereocenters. The van der Waals surface area contributed by atoms with Crippen LogP contribution in [0.25, 0.3) is 0 Å². The Labute approximate surface area is 218 Å². The van der Waals surface area contributed by atoms with Crippen molar-refractivity contribution in [3.8, 4) is 5.75 Å². The van der Waals surface area contributed by atoms with Crippen LogP contribution in [0.2, 0.25) is 0 Å². The van der Waals surface area contributed by atoms with Crippen molar-refractivity contribution in [2.75, 3.05) is 30.9 Å². The van der Waals surface area contributed by atoms with E-state index in [-0.39, 0.29) is 10.9 Å². The van der Waals surface area contributed by atoms with Crippen molar-refractivity contribution >= 4 is 21.6 Å². The third-order valence-electron chi connectivity index (χ3n) is 6.68. The molecule has 2 aliphatic heterocycles. The first-order valence-electron chi connectivity index (χ1n) is 11.9. The fourth-order valence-electron chi connectivity index (χ4n) is 4.95. The lowest BCUT2D eigenvalue weighted by molar-refractivity contribution is -0.201. The molecule has 1 aromatic carbocycles. The number of hydrogen-bond acceptors (Lipinski definition) is 9. The molecule has 38 heavy (non-hydrogen) atoms. The van der Waals surface area contributed by atoms with Crippen LogP contribution < -0.4 is 15.0 Å². The zero-order valence-corrected chi connectivity index (χ0v) is 21.8. The van der Waals surface area contributed by atoms with Crippen LogP contribution in [0.5, 0.6) is 5.75 Å². The third kappa shape index (κ3) is 5.87. The Kier molecular flexibility index (Phi) is 7.89. The molecule has 0 aliphatic carbocycles. The first-order valence-corrected chi connectivity index (χ1v) is 13.6. The van der Waals surface area contributed by atoms with E-state index in [1.165, 1.54) is 18.2 Å². The lowest BCUT2D eigenvalue weighted by Crippen LogP contribution is -2.50. The van der Waals surface area contributed by atoms with Crippen LogP contribution in [0.4, 0.5) is 19.0 Å². The number of carboxylic acids is 1. The van der Waals surface area contributed by atoms with Crippen LogP contribution >= 0.6 is 0 Å². The highest BCUT2D eigenvalue weighted by atomic mass is 32.2. The average Bonchev–Trinajstić information content (AvgIpc) is 3.26. The van der Waals surface area contributed by atoms with Crippen LogP contribution in [-0.2, 0) is 25.6 Å². The molecule has 2 aliphatic rings. The van der Waals surface area contributed by atoms with E-state index >= 15 is 0 Å². The van der Waals surface area contributed by atoms with Gasteiger partial charge in [0, 0.05) is 25.3 Å². The predicted octanol–water partition coefficient (Wildman–Crippen LogP) is 2.74. The summed E-state index contributed by atoms with van der Waals surface area (Å²) in [5.41, 5.74) is 0.192. The average molecular weight is 559 g/mol. The largest absolute Gasteiger partial charge is 0.497 e. The Morgan fingerprint density at radius 3 is 2.34 bits per heavy atom. The van der Waals surface area contributed by atoms with Gasteiger partial charge in [0.05, 0.1) is 23.3 Å². The second kappa shape index (κ2) is 10.7. The molecule has 0 bridgehead atoms. The zero-order valence-electron chi connectivity index (χ0n) is 21.0. The topological polar surface area (TPSA) is 121 Å². The van der Waals surface area contributed by atoms with E-state index in [1.54, 1.807) is 26.0 Å². The number of hydroxylamine groups is 2. The number of piperidine rings is 1. The fraction of sp³-hybridized carbons (Fsp3) is 0.500. The molecule has 0 amide bonds. The number of aromatic nitrogens is 1. The second-order valence-electron chi connectivity index (χ2n) is 9.36. The number of methoxy groups -OCH3 is 1. The van der Waals surface area contributed by atoms with Crippen molar-refractivity contribution in [3.63, 3.8) is 0 Å². The SMILES string of the molecule is COc1cc(C)c(S(=O)(=O)CC2NC(C(=O)O)ON2C2CCN(c3ccc(C(F)(F)F)cn3)CC2)c(C)c1. The number of halogens is 3. The van der Waals surface area contributed by atoms with Crippen molar-refractivity contribution < 1.29 is 41.1 Å². The van der Waals surface area contributed by atoms with Crippen LogP contribution in [0.1, 0.15) is 29.5 Å². The van der Waals surface area contributed by atoms with Gasteiger partial charge in [0.1, 0.15) is 17.7 Å². The molecule has 2 saturated heterocycles. The lowest BCUT2D eigenvalue weighted by Gasteiger charge is -2.38. The minimum Gasteiger partial charge on any atom is -0.497 e. The number of aliphatic carboxylic acids is 1. The summed E-state index contributed by atoms with van der Waals surface area (Å²) < 4.78 is 70.7. The highest BCUT2D eigenvalue weighted by Gasteiger charge is 2.44. The highest BCUT2D eigenvalue weighted by molar-refractivity contribution is 7.91. The third-order valence-corrected chi connectivity index (χ3v) is 8.70. The Balaban J connectivity index is 1.49. The molecule has 0 spiro atoms. The molecule has 2 unspecified atom stereocenters. The predicted molar refractivity (Wildman–Crippen MR) is 130 cm³/mol. The summed E-state index contributed by atoms with van der Waals surface area (Å²) in [4.78, 5) is 23.2. The molecule has 4 rings (SSSR count). The number of sulfone groups is 1. The van der Waals surface area contributed by atoms with E-state index in [0.29, 0.717) is 48.6 Å². The number of ether oxygens (including phenoxy) is 1. The van der Waals surface area contributed by atoms with Crippen LogP contribution in [0.15, 0.2) is 35.4 Å². The summed E-state index contributed by atoms with van der Waals surface area (Å²) in [6, 6.07) is 5.22. The molecular weight excluding hydrogens is 529 g/mol. The number of nitrogens with zero attached hydrogens (tertiary/aromatic N) is 3. The van der Waals surface area contributed by atoms with E-state index in [0.717, 1.165) is 12.3 Å². The quantitative estimate of drug-likeness (QED) is 0.525. The van der Waals surface area contributed by atoms with E-state index in [1.807, 2.05) is 4.90 Å². The van der Waals surface area contributed by atoms with Crippen molar-refractivity contribution in [2.45, 2.75) is 56.2 Å². The number of hydrogen-bond donors (Lipinski definition) is 2. The van der Waals surface area contributed by atoms with Crippen LogP contribution in [0.3, 0.4) is 0 Å². The van der Waals surface area contributed by atoms with E-state index in [4.69, 9.17) is 9.57 Å². The number of nitrogens with one attached hydrogen (secondary N) is 1. The van der Waals surface area contributed by atoms with Gasteiger partial charge in [0.15, 0.2) is 9.84 Å². The molecule has 0 radical (unpaired) electrons. The molecule has 2 N–H and O–H groups in total. The van der Waals surface area contributed by atoms with Gasteiger partial charge < -0.3 is 14.7 Å². The minimum absolute atomic E-state index is 0.155. The maximum Gasteiger partial charge on any atom is 0.417 e. The fourth-order valence-corrected chi connectivity index (χ4v) is 6.88. The number of rotatable bonds is 7. The summed E-state index contributed by atoms with van der Waals surface area (Å²) >= 11 is 0. The molecule has 14 heteroatoms. The first kappa shape index (κ1) is 28.1. The molecule has 2 fully saturated rings. The molecule has 10 nitrogen and oxygen atoms in total. The summed E-state index contributed by atoms with van der Waals surface area (Å²) in [5, 5.41) is 13.7. The Morgan fingerprint density at radius 2 is 1.84 bits per heavy atom. The smallest absolute Gasteiger partial charge is 0.417 e. The Bertz CT molecular complexity index is 1260. The number of benzene rings is 1. The van der Waals surface area contributed by atoms with Gasteiger partial charge in [-0.3, -0.25) is 10.2 Å². The molecular formula is C24H29F3N4O6S. The van der Waals surface area contributed by atoms with Gasteiger partial charge in [-0.25, -0.2) is 18.2 Å². The number of anilines is 1. The van der Waals surface area contributed by atoms with Crippen molar-refractivity contribution in [3.05, 3.63) is 47.2 Å². The van der Waals surface area contributed by atoms with E-state index in [2.05, 4.69) is 10.3 Å². The Morgan fingerprint density at radius 1 is 1.21 bits per heavy atom. The second-order valence-corrected chi connectivity index (χ2v) is 11.3. The van der Waals surface area contributed by atoms with E-state index < -0.39 is 45.7 Å². The number of pyridine rings is 1. The van der Waals surface area contributed by atoms with Crippen LogP contribution in [0, 0.1) is 13.8 Å². The minimum atomic E-state index is -4.47. The van der Waals surface area contributed by atoms with Gasteiger partial charge in [-0.05, 0) is 62.1 Å². The highest BCUT2D eigenvalue weighted by Crippen LogP contribution is 2.32. The monoisotopic (exact) mass is 558 g/mol. The van der Waals surface area contributed by atoms with Gasteiger partial charge in [0.2, 0.25) is 6.23 Å². The van der Waals surface area contributed by atoms with Gasteiger partial charge in [-0.15, -0.1) is 0 Å². The van der Waals surface area contributed by atoms with Crippen molar-refractivity contribution in [1.82, 2.24) is 15.4 Å². The maximum absolute atomic E-state index is 13.5. The first-order chi connectivity index (χ1) is 17.8. The number of aryl methyl sites for hydroxylation is 2. The normalized spacial score (nSPS) is 21.6. The molecule has 0 saturated carbocycles. The van der Waals surface area contributed by atoms with E-state index in [9.17, 15) is 31.5 Å². The number of carbonyl (C=O) groups is 1. The maximum atomic E-state index is 13.5. The molecule has 1 aromatic heterocycles. The number of alkyl halides is 3. The standard InChI is InChI=1S/C24H29F3N4O6S/c1-14-10-18(36-3)11-15(2)21(14)38(34,35)13-20-29-22(23(32)33)37-31(20)17-6-8-30(9-7-17)19-5-4-16(12-28-19)24(25,26)27/h4-5,10-12,17,20,22,29H,6-9,13H2,1-3H3,(H,32,33). The summed E-state index contributed by atoms with van der Waals surface area (Å²) in [7, 11) is -2.37. The summed E-state index contributed by atoms with van der Waals surface area (Å²) in [6.45, 7) is 4.17. The summed E-state index contributed by atoms with van der Waals surface area (Å²) in [6.07, 6.45) is -5.12. The van der Waals surface area contributed by atoms with Gasteiger partial charge in [-0.2, -0.15) is 18.2 Å². The van der Waals surface area contributed by atoms with Gasteiger partial charge in [-0.1, -0.05) is 0 Å².